The van der Waals surface area contributed by atoms with Crippen LogP contribution in [0.1, 0.15) is 36.7 Å². The van der Waals surface area contributed by atoms with Crippen LogP contribution in [0.5, 0.6) is 5.75 Å². The summed E-state index contributed by atoms with van der Waals surface area (Å²) in [6.07, 6.45) is 1.61. The second-order valence-corrected chi connectivity index (χ2v) is 7.18. The number of nitrogens with zero attached hydrogens (tertiary/aromatic N) is 2. The summed E-state index contributed by atoms with van der Waals surface area (Å²) in [6, 6.07) is 8.08. The summed E-state index contributed by atoms with van der Waals surface area (Å²) in [7, 11) is 0. The Kier molecular flexibility index (Phi) is 5.48. The number of aromatic nitrogens is 2. The fourth-order valence-electron chi connectivity index (χ4n) is 2.66. The highest BCUT2D eigenvalue weighted by Crippen LogP contribution is 2.27. The molecule has 2 aromatic heterocycles. The van der Waals surface area contributed by atoms with Gasteiger partial charge in [0.1, 0.15) is 11.5 Å². The van der Waals surface area contributed by atoms with Gasteiger partial charge in [-0.05, 0) is 49.1 Å². The molecule has 0 saturated carbocycles. The van der Waals surface area contributed by atoms with Gasteiger partial charge >= 0.3 is 0 Å². The van der Waals surface area contributed by atoms with Crippen molar-refractivity contribution in [3.63, 3.8) is 0 Å². The molecule has 2 heterocycles. The zero-order valence-electron chi connectivity index (χ0n) is 14.9. The Morgan fingerprint density at radius 3 is 2.68 bits per heavy atom. The van der Waals surface area contributed by atoms with Crippen molar-refractivity contribution in [1.82, 2.24) is 10.2 Å². The summed E-state index contributed by atoms with van der Waals surface area (Å²) in [5.41, 5.74) is 3.45. The summed E-state index contributed by atoms with van der Waals surface area (Å²) in [5.74, 6) is 3.40. The standard InChI is InChI=1S/C19H22N2O3S/c1-12(2)16-6-5-15(11-13(16)3)23-9-10-25-19-21-20-18(24-19)17-7-8-22-14(17)4/h5-8,11-12H,9-10H2,1-4H3. The number of hydrogen-bond acceptors (Lipinski definition) is 6. The summed E-state index contributed by atoms with van der Waals surface area (Å²) in [5, 5.41) is 8.64. The Labute approximate surface area is 151 Å². The van der Waals surface area contributed by atoms with Gasteiger partial charge in [0.25, 0.3) is 11.1 Å². The molecule has 0 atom stereocenters. The average molecular weight is 358 g/mol. The van der Waals surface area contributed by atoms with E-state index in [0.29, 0.717) is 23.6 Å². The fourth-order valence-corrected chi connectivity index (χ4v) is 3.24. The monoisotopic (exact) mass is 358 g/mol. The normalized spacial score (nSPS) is 11.2. The molecule has 0 aliphatic heterocycles. The molecule has 25 heavy (non-hydrogen) atoms. The number of benzene rings is 1. The predicted molar refractivity (Wildman–Crippen MR) is 98.2 cm³/mol. The summed E-state index contributed by atoms with van der Waals surface area (Å²) in [6.45, 7) is 8.96. The van der Waals surface area contributed by atoms with Gasteiger partial charge in [-0.25, -0.2) is 0 Å². The van der Waals surface area contributed by atoms with Gasteiger partial charge in [0.05, 0.1) is 18.4 Å². The van der Waals surface area contributed by atoms with E-state index in [1.165, 1.54) is 22.9 Å². The average Bonchev–Trinajstić information content (AvgIpc) is 3.20. The van der Waals surface area contributed by atoms with Crippen molar-refractivity contribution in [2.45, 2.75) is 38.8 Å². The van der Waals surface area contributed by atoms with Gasteiger partial charge in [-0.15, -0.1) is 10.2 Å². The molecule has 132 valence electrons. The lowest BCUT2D eigenvalue weighted by atomic mass is 9.98. The number of ether oxygens (including phenoxy) is 1. The minimum absolute atomic E-state index is 0.481. The van der Waals surface area contributed by atoms with E-state index >= 15 is 0 Å². The van der Waals surface area contributed by atoms with Gasteiger partial charge in [-0.2, -0.15) is 0 Å². The lowest BCUT2D eigenvalue weighted by Crippen LogP contribution is -2.01. The third kappa shape index (κ3) is 4.25. The van der Waals surface area contributed by atoms with Crippen LogP contribution in [-0.2, 0) is 0 Å². The van der Waals surface area contributed by atoms with E-state index in [4.69, 9.17) is 13.6 Å². The third-order valence-corrected chi connectivity index (χ3v) is 4.72. The van der Waals surface area contributed by atoms with Crippen LogP contribution in [0.15, 0.2) is 44.6 Å². The van der Waals surface area contributed by atoms with E-state index in [-0.39, 0.29) is 0 Å². The van der Waals surface area contributed by atoms with Gasteiger partial charge in [0.2, 0.25) is 0 Å². The molecular formula is C19H22N2O3S. The van der Waals surface area contributed by atoms with E-state index in [9.17, 15) is 0 Å². The Balaban J connectivity index is 1.50. The molecular weight excluding hydrogens is 336 g/mol. The molecule has 3 rings (SSSR count). The van der Waals surface area contributed by atoms with Crippen molar-refractivity contribution in [2.75, 3.05) is 12.4 Å². The van der Waals surface area contributed by atoms with Crippen LogP contribution < -0.4 is 4.74 Å². The molecule has 0 saturated heterocycles. The highest BCUT2D eigenvalue weighted by Gasteiger charge is 2.13. The largest absolute Gasteiger partial charge is 0.493 e. The smallest absolute Gasteiger partial charge is 0.276 e. The Morgan fingerprint density at radius 2 is 2.00 bits per heavy atom. The van der Waals surface area contributed by atoms with Crippen molar-refractivity contribution in [1.29, 1.82) is 0 Å². The highest BCUT2D eigenvalue weighted by atomic mass is 32.2. The van der Waals surface area contributed by atoms with Crippen LogP contribution in [0.25, 0.3) is 11.5 Å². The van der Waals surface area contributed by atoms with Crippen molar-refractivity contribution in [2.24, 2.45) is 0 Å². The van der Waals surface area contributed by atoms with E-state index in [2.05, 4.69) is 43.1 Å². The second kappa shape index (κ2) is 7.78. The molecule has 0 aliphatic carbocycles. The van der Waals surface area contributed by atoms with E-state index in [1.54, 1.807) is 6.26 Å². The van der Waals surface area contributed by atoms with Crippen LogP contribution in [0.4, 0.5) is 0 Å². The zero-order chi connectivity index (χ0) is 17.8. The number of hydrogen-bond donors (Lipinski definition) is 0. The van der Waals surface area contributed by atoms with Crippen molar-refractivity contribution in [3.8, 4) is 17.2 Å². The van der Waals surface area contributed by atoms with Crippen LogP contribution in [0, 0.1) is 13.8 Å². The van der Waals surface area contributed by atoms with Gasteiger partial charge in [0.15, 0.2) is 0 Å². The first-order valence-electron chi connectivity index (χ1n) is 8.28. The highest BCUT2D eigenvalue weighted by molar-refractivity contribution is 7.99. The van der Waals surface area contributed by atoms with E-state index in [1.807, 2.05) is 19.1 Å². The fraction of sp³-hybridized carbons (Fsp3) is 0.368. The lowest BCUT2D eigenvalue weighted by molar-refractivity contribution is 0.343. The lowest BCUT2D eigenvalue weighted by Gasteiger charge is -2.12. The predicted octanol–water partition coefficient (Wildman–Crippen LogP) is 5.24. The molecule has 0 radical (unpaired) electrons. The number of furan rings is 1. The van der Waals surface area contributed by atoms with Crippen LogP contribution in [0.2, 0.25) is 0 Å². The van der Waals surface area contributed by atoms with E-state index < -0.39 is 0 Å². The summed E-state index contributed by atoms with van der Waals surface area (Å²) < 4.78 is 16.7. The molecule has 0 unspecified atom stereocenters. The van der Waals surface area contributed by atoms with Crippen molar-refractivity contribution in [3.05, 3.63) is 47.4 Å². The first-order valence-corrected chi connectivity index (χ1v) is 9.27. The van der Waals surface area contributed by atoms with E-state index in [0.717, 1.165) is 22.8 Å². The maximum atomic E-state index is 5.82. The summed E-state index contributed by atoms with van der Waals surface area (Å²) >= 11 is 1.48. The SMILES string of the molecule is Cc1cc(OCCSc2nnc(-c3ccoc3C)o2)ccc1C(C)C. The Hall–Kier alpha value is -2.21. The molecule has 0 bridgehead atoms. The minimum atomic E-state index is 0.481. The van der Waals surface area contributed by atoms with Crippen LogP contribution in [-0.4, -0.2) is 22.6 Å². The molecule has 6 heteroatoms. The molecule has 1 aromatic carbocycles. The topological polar surface area (TPSA) is 61.3 Å². The van der Waals surface area contributed by atoms with Gasteiger partial charge in [-0.1, -0.05) is 31.7 Å². The second-order valence-electron chi connectivity index (χ2n) is 6.13. The van der Waals surface area contributed by atoms with Crippen molar-refractivity contribution < 1.29 is 13.6 Å². The number of rotatable bonds is 7. The number of thioether (sulfide) groups is 1. The zero-order valence-corrected chi connectivity index (χ0v) is 15.7. The quantitative estimate of drug-likeness (QED) is 0.425. The molecule has 0 amide bonds. The molecule has 0 fully saturated rings. The third-order valence-electron chi connectivity index (χ3n) is 3.94. The Morgan fingerprint density at radius 1 is 1.16 bits per heavy atom. The van der Waals surface area contributed by atoms with Gasteiger partial charge < -0.3 is 13.6 Å². The van der Waals surface area contributed by atoms with Crippen molar-refractivity contribution >= 4 is 11.8 Å². The van der Waals surface area contributed by atoms with Crippen LogP contribution in [0.3, 0.4) is 0 Å². The van der Waals surface area contributed by atoms with Gasteiger partial charge in [0, 0.05) is 5.75 Å². The molecule has 3 aromatic rings. The molecule has 5 nitrogen and oxygen atoms in total. The van der Waals surface area contributed by atoms with Crippen LogP contribution >= 0.6 is 11.8 Å². The molecule has 0 spiro atoms. The molecule has 0 N–H and O–H groups in total. The first-order chi connectivity index (χ1) is 12.0. The molecule has 0 aliphatic rings. The first kappa shape index (κ1) is 17.6. The van der Waals surface area contributed by atoms with Gasteiger partial charge in [-0.3, -0.25) is 0 Å². The maximum Gasteiger partial charge on any atom is 0.276 e. The number of aryl methyl sites for hydroxylation is 2. The summed E-state index contributed by atoms with van der Waals surface area (Å²) in [4.78, 5) is 0. The Bertz CT molecular complexity index is 839. The minimum Gasteiger partial charge on any atom is -0.493 e. The maximum absolute atomic E-state index is 5.82.